The predicted molar refractivity (Wildman–Crippen MR) is 32.3 cm³/mol. The van der Waals surface area contributed by atoms with Gasteiger partial charge in [-0.3, -0.25) is 4.79 Å². The number of carbonyl (C=O) groups is 1. The van der Waals surface area contributed by atoms with Crippen LogP contribution in [0.4, 0.5) is 0 Å². The molecule has 0 saturated carbocycles. The van der Waals surface area contributed by atoms with Crippen molar-refractivity contribution in [1.82, 2.24) is 0 Å². The van der Waals surface area contributed by atoms with Crippen molar-refractivity contribution < 1.29 is 19.1 Å². The molecule has 1 N–H and O–H groups in total. The van der Waals surface area contributed by atoms with Crippen LogP contribution >= 0.6 is 0 Å². The van der Waals surface area contributed by atoms with Gasteiger partial charge in [-0.2, -0.15) is 0 Å². The fourth-order valence-electron chi connectivity index (χ4n) is 0.558. The highest BCUT2D eigenvalue weighted by Gasteiger charge is 2.07. The van der Waals surface area contributed by atoms with Gasteiger partial charge < -0.3 is 14.3 Å². The van der Waals surface area contributed by atoms with Crippen molar-refractivity contribution in [3.05, 3.63) is 11.8 Å². The predicted octanol–water partition coefficient (Wildman–Crippen LogP) is 0.806. The van der Waals surface area contributed by atoms with Crippen LogP contribution in [-0.2, 0) is 0 Å². The summed E-state index contributed by atoms with van der Waals surface area (Å²) in [5, 5.41) is 8.86. The Labute approximate surface area is 57.0 Å². The Morgan fingerprint density at radius 1 is 1.80 bits per heavy atom. The molecular formula is C6H6O4. The Kier molecular flexibility index (Phi) is 1.62. The minimum Gasteiger partial charge on any atom is -0.504 e. The van der Waals surface area contributed by atoms with Crippen LogP contribution in [0.5, 0.6) is 11.7 Å². The van der Waals surface area contributed by atoms with Crippen LogP contribution < -0.4 is 4.74 Å². The van der Waals surface area contributed by atoms with Crippen LogP contribution in [-0.4, -0.2) is 18.5 Å². The van der Waals surface area contributed by atoms with Crippen molar-refractivity contribution in [3.63, 3.8) is 0 Å². The molecule has 0 bridgehead atoms. The Bertz CT molecular complexity index is 238. The number of ether oxygens (including phenoxy) is 1. The summed E-state index contributed by atoms with van der Waals surface area (Å²) in [5.74, 6) is -0.191. The third-order valence-corrected chi connectivity index (χ3v) is 1.03. The van der Waals surface area contributed by atoms with Gasteiger partial charge >= 0.3 is 0 Å². The molecule has 0 aliphatic rings. The summed E-state index contributed by atoms with van der Waals surface area (Å²) in [5.41, 5.74) is 0. The minimum absolute atomic E-state index is 0.114. The van der Waals surface area contributed by atoms with Gasteiger partial charge in [0, 0.05) is 0 Å². The molecule has 0 aliphatic heterocycles. The van der Waals surface area contributed by atoms with Crippen molar-refractivity contribution in [1.29, 1.82) is 0 Å². The maximum atomic E-state index is 10.0. The lowest BCUT2D eigenvalue weighted by molar-refractivity contribution is 0.109. The number of aromatic hydroxyl groups is 1. The summed E-state index contributed by atoms with van der Waals surface area (Å²) in [7, 11) is 1.38. The maximum Gasteiger partial charge on any atom is 0.288 e. The molecule has 0 fully saturated rings. The van der Waals surface area contributed by atoms with E-state index in [1.54, 1.807) is 0 Å². The number of hydrogen-bond acceptors (Lipinski definition) is 4. The van der Waals surface area contributed by atoms with E-state index in [9.17, 15) is 4.79 Å². The van der Waals surface area contributed by atoms with Gasteiger partial charge in [0.25, 0.3) is 5.95 Å². The number of furan rings is 1. The first-order chi connectivity index (χ1) is 4.77. The average molecular weight is 142 g/mol. The standard InChI is InChI=1S/C6H6O4/c1-9-6-2-4(8)5(3-7)10-6/h2-3,8H,1H3. The van der Waals surface area contributed by atoms with Crippen LogP contribution in [0.15, 0.2) is 10.5 Å². The summed E-state index contributed by atoms with van der Waals surface area (Å²) in [4.78, 5) is 10.0. The fraction of sp³-hybridized carbons (Fsp3) is 0.167. The highest BCUT2D eigenvalue weighted by Crippen LogP contribution is 2.25. The van der Waals surface area contributed by atoms with E-state index in [1.165, 1.54) is 13.2 Å². The summed E-state index contributed by atoms with van der Waals surface area (Å²) < 4.78 is 9.26. The molecule has 0 aromatic carbocycles. The van der Waals surface area contributed by atoms with Crippen LogP contribution in [0.3, 0.4) is 0 Å². The van der Waals surface area contributed by atoms with Gasteiger partial charge in [0.1, 0.15) is 0 Å². The molecule has 1 rings (SSSR count). The van der Waals surface area contributed by atoms with Gasteiger partial charge in [-0.25, -0.2) is 0 Å². The fourth-order valence-corrected chi connectivity index (χ4v) is 0.558. The molecule has 0 unspecified atom stereocenters. The molecule has 54 valence electrons. The lowest BCUT2D eigenvalue weighted by Gasteiger charge is -1.86. The third-order valence-electron chi connectivity index (χ3n) is 1.03. The van der Waals surface area contributed by atoms with E-state index in [1.807, 2.05) is 0 Å². The molecule has 0 aliphatic carbocycles. The normalized spacial score (nSPS) is 9.30. The molecular weight excluding hydrogens is 136 g/mol. The largest absolute Gasteiger partial charge is 0.504 e. The highest BCUT2D eigenvalue weighted by molar-refractivity contribution is 5.75. The molecule has 0 radical (unpaired) electrons. The van der Waals surface area contributed by atoms with Crippen LogP contribution in [0, 0.1) is 0 Å². The van der Waals surface area contributed by atoms with Gasteiger partial charge in [-0.15, -0.1) is 0 Å². The van der Waals surface area contributed by atoms with E-state index in [2.05, 4.69) is 9.15 Å². The van der Waals surface area contributed by atoms with E-state index in [0.29, 0.717) is 6.29 Å². The molecule has 1 heterocycles. The first-order valence-electron chi connectivity index (χ1n) is 2.60. The Balaban J connectivity index is 3.03. The van der Waals surface area contributed by atoms with Gasteiger partial charge in [-0.1, -0.05) is 0 Å². The molecule has 1 aromatic rings. The third kappa shape index (κ3) is 0.953. The zero-order valence-corrected chi connectivity index (χ0v) is 5.33. The van der Waals surface area contributed by atoms with Crippen LogP contribution in [0.2, 0.25) is 0 Å². The summed E-state index contributed by atoms with van der Waals surface area (Å²) in [6.45, 7) is 0. The van der Waals surface area contributed by atoms with Crippen LogP contribution in [0.1, 0.15) is 10.6 Å². The molecule has 10 heavy (non-hydrogen) atoms. The Morgan fingerprint density at radius 2 is 2.50 bits per heavy atom. The molecule has 0 spiro atoms. The zero-order valence-electron chi connectivity index (χ0n) is 5.33. The zero-order chi connectivity index (χ0) is 7.56. The second-order valence-electron chi connectivity index (χ2n) is 1.64. The van der Waals surface area contributed by atoms with Crippen LogP contribution in [0.25, 0.3) is 0 Å². The van der Waals surface area contributed by atoms with Crippen molar-refractivity contribution in [2.45, 2.75) is 0 Å². The quantitative estimate of drug-likeness (QED) is 0.620. The van der Waals surface area contributed by atoms with E-state index < -0.39 is 0 Å². The second-order valence-corrected chi connectivity index (χ2v) is 1.64. The lowest BCUT2D eigenvalue weighted by atomic mass is 10.4. The first kappa shape index (κ1) is 6.67. The summed E-state index contributed by atoms with van der Waals surface area (Å²) >= 11 is 0. The van der Waals surface area contributed by atoms with E-state index in [-0.39, 0.29) is 17.5 Å². The number of methoxy groups -OCH3 is 1. The number of carbonyl (C=O) groups excluding carboxylic acids is 1. The summed E-state index contributed by atoms with van der Waals surface area (Å²) in [6.07, 6.45) is 0.415. The Hall–Kier alpha value is -1.45. The van der Waals surface area contributed by atoms with Gasteiger partial charge in [-0.05, 0) is 0 Å². The second kappa shape index (κ2) is 2.43. The van der Waals surface area contributed by atoms with Crippen molar-refractivity contribution in [2.24, 2.45) is 0 Å². The Morgan fingerprint density at radius 3 is 2.80 bits per heavy atom. The molecule has 0 saturated heterocycles. The van der Waals surface area contributed by atoms with Crippen molar-refractivity contribution in [3.8, 4) is 11.7 Å². The lowest BCUT2D eigenvalue weighted by Crippen LogP contribution is -1.76. The molecule has 4 heteroatoms. The van der Waals surface area contributed by atoms with Gasteiger partial charge in [0.15, 0.2) is 12.0 Å². The van der Waals surface area contributed by atoms with E-state index in [4.69, 9.17) is 5.11 Å². The van der Waals surface area contributed by atoms with Gasteiger partial charge in [0.2, 0.25) is 5.76 Å². The average Bonchev–Trinajstić information content (AvgIpc) is 2.30. The van der Waals surface area contributed by atoms with Crippen molar-refractivity contribution in [2.75, 3.05) is 7.11 Å². The SMILES string of the molecule is COc1cc(O)c(C=O)o1. The van der Waals surface area contributed by atoms with E-state index in [0.717, 1.165) is 0 Å². The highest BCUT2D eigenvalue weighted by atomic mass is 16.6. The molecule has 1 aromatic heterocycles. The minimum atomic E-state index is -0.202. The molecule has 4 nitrogen and oxygen atoms in total. The monoisotopic (exact) mass is 142 g/mol. The molecule has 0 amide bonds. The summed E-state index contributed by atoms with van der Waals surface area (Å²) in [6, 6.07) is 1.23. The van der Waals surface area contributed by atoms with Gasteiger partial charge in [0.05, 0.1) is 13.2 Å². The smallest absolute Gasteiger partial charge is 0.288 e. The first-order valence-corrected chi connectivity index (χ1v) is 2.60. The maximum absolute atomic E-state index is 10.0. The van der Waals surface area contributed by atoms with Crippen molar-refractivity contribution >= 4 is 6.29 Å². The number of aldehydes is 1. The number of hydrogen-bond donors (Lipinski definition) is 1. The number of rotatable bonds is 2. The topological polar surface area (TPSA) is 59.7 Å². The molecule has 0 atom stereocenters. The van der Waals surface area contributed by atoms with E-state index >= 15 is 0 Å².